The molecule has 2 saturated carbocycles. The molecule has 2 aromatic carbocycles. The van der Waals surface area contributed by atoms with Crippen LogP contribution < -0.4 is 10.6 Å². The smallest absolute Gasteiger partial charge is 0.339 e. The molecule has 4 fully saturated rings. The molecule has 1 spiro atoms. The minimum Gasteiger partial charge on any atom is -0.506 e. The van der Waals surface area contributed by atoms with E-state index in [0.29, 0.717) is 10.8 Å². The van der Waals surface area contributed by atoms with Gasteiger partial charge >= 0.3 is 5.97 Å². The number of carboxylic acid groups (broad SMARTS) is 1. The van der Waals surface area contributed by atoms with Gasteiger partial charge in [0.2, 0.25) is 11.8 Å². The average molecular weight is 633 g/mol. The van der Waals surface area contributed by atoms with Crippen LogP contribution in [-0.4, -0.2) is 57.6 Å². The number of amides is 2. The zero-order chi connectivity index (χ0) is 32.3. The molecule has 11 heteroatoms. The molecule has 236 valence electrons. The van der Waals surface area contributed by atoms with Crippen LogP contribution in [0.1, 0.15) is 61.9 Å². The van der Waals surface area contributed by atoms with Crippen molar-refractivity contribution in [3.05, 3.63) is 64.6 Å². The number of hydrogen-bond acceptors (Lipinski definition) is 8. The first-order valence-electron chi connectivity index (χ1n) is 15.0. The number of benzene rings is 2. The maximum absolute atomic E-state index is 14.4. The molecule has 0 aromatic heterocycles. The molecule has 45 heavy (non-hydrogen) atoms. The second-order valence-electron chi connectivity index (χ2n) is 13.1. The van der Waals surface area contributed by atoms with Crippen molar-refractivity contribution in [1.82, 2.24) is 5.32 Å². The van der Waals surface area contributed by atoms with Crippen LogP contribution in [0.5, 0.6) is 11.5 Å². The summed E-state index contributed by atoms with van der Waals surface area (Å²) in [5.74, 6) is -3.13. The molecule has 5 N–H and O–H groups in total. The maximum Gasteiger partial charge on any atom is 0.339 e. The Morgan fingerprint density at radius 2 is 1.84 bits per heavy atom. The summed E-state index contributed by atoms with van der Waals surface area (Å²) in [4.78, 5) is 52.1. The lowest BCUT2D eigenvalue weighted by Gasteiger charge is -2.56. The lowest BCUT2D eigenvalue weighted by molar-refractivity contribution is -0.169. The van der Waals surface area contributed by atoms with Crippen LogP contribution in [0.4, 0.5) is 5.69 Å². The van der Waals surface area contributed by atoms with Gasteiger partial charge in [-0.1, -0.05) is 36.9 Å². The van der Waals surface area contributed by atoms with Crippen molar-refractivity contribution < 1.29 is 39.2 Å². The summed E-state index contributed by atoms with van der Waals surface area (Å²) in [6.45, 7) is 4.09. The van der Waals surface area contributed by atoms with Gasteiger partial charge in [-0.05, 0) is 79.8 Å². The molecule has 2 saturated heterocycles. The standard InChI is InChI=1S/C34H36N2O8S/c1-32(13-12-26(39)36-27-22(37)10-9-21(28(27)40)31(42)43)29-23-14-19-15-34(29,17-33(19,2)44-23)16-24(30(32)41)45-20-7-4-18(5-8-20)6-11-25(38)35-3/h4-11,16,19,23,29,37,40H,12-15,17H2,1-3H3,(H,35,38)(H,36,39)(H,42,43)/b11-6+/t19-,23+,29+,32+,33+,34-/m1/s1. The maximum atomic E-state index is 14.4. The van der Waals surface area contributed by atoms with E-state index in [0.717, 1.165) is 41.9 Å². The van der Waals surface area contributed by atoms with Crippen molar-refractivity contribution in [1.29, 1.82) is 0 Å². The van der Waals surface area contributed by atoms with E-state index in [1.54, 1.807) is 13.1 Å². The summed E-state index contributed by atoms with van der Waals surface area (Å²) in [6, 6.07) is 9.76. The largest absolute Gasteiger partial charge is 0.506 e. The minimum absolute atomic E-state index is 0.0550. The number of nitrogens with one attached hydrogen (secondary N) is 2. The summed E-state index contributed by atoms with van der Waals surface area (Å²) < 4.78 is 6.59. The number of rotatable bonds is 9. The number of carboxylic acids is 1. The van der Waals surface area contributed by atoms with E-state index in [2.05, 4.69) is 23.6 Å². The Morgan fingerprint density at radius 3 is 2.51 bits per heavy atom. The fraction of sp³-hybridized carbons (Fsp3) is 0.412. The zero-order valence-electron chi connectivity index (χ0n) is 25.3. The van der Waals surface area contributed by atoms with Gasteiger partial charge in [0, 0.05) is 35.8 Å². The number of thioether (sulfide) groups is 1. The topological polar surface area (TPSA) is 162 Å². The molecule has 5 aliphatic rings. The van der Waals surface area contributed by atoms with Crippen molar-refractivity contribution in [2.24, 2.45) is 22.7 Å². The Balaban J connectivity index is 1.26. The van der Waals surface area contributed by atoms with E-state index in [-0.39, 0.29) is 53.3 Å². The van der Waals surface area contributed by atoms with Crippen LogP contribution in [0.3, 0.4) is 0 Å². The summed E-state index contributed by atoms with van der Waals surface area (Å²) in [5, 5.41) is 35.0. The second-order valence-corrected chi connectivity index (χ2v) is 14.2. The Kier molecular flexibility index (Phi) is 7.60. The summed E-state index contributed by atoms with van der Waals surface area (Å²) in [6.07, 6.45) is 7.94. The molecule has 10 nitrogen and oxygen atoms in total. The van der Waals surface area contributed by atoms with Gasteiger partial charge < -0.3 is 30.7 Å². The van der Waals surface area contributed by atoms with E-state index in [1.165, 1.54) is 17.8 Å². The monoisotopic (exact) mass is 632 g/mol. The van der Waals surface area contributed by atoms with Crippen LogP contribution >= 0.6 is 11.8 Å². The van der Waals surface area contributed by atoms with Crippen molar-refractivity contribution in [2.75, 3.05) is 12.4 Å². The summed E-state index contributed by atoms with van der Waals surface area (Å²) in [5.41, 5.74) is -1.40. The van der Waals surface area contributed by atoms with E-state index in [9.17, 15) is 34.5 Å². The molecule has 3 aliphatic carbocycles. The number of anilines is 1. The van der Waals surface area contributed by atoms with Crippen LogP contribution in [0, 0.1) is 22.7 Å². The molecule has 0 unspecified atom stereocenters. The number of ketones is 1. The van der Waals surface area contributed by atoms with Crippen LogP contribution in [0.15, 0.2) is 58.4 Å². The number of phenolic OH excluding ortho intramolecular Hbond substituents is 1. The zero-order valence-corrected chi connectivity index (χ0v) is 26.1. The third-order valence-corrected chi connectivity index (χ3v) is 11.3. The molecule has 2 aliphatic heterocycles. The van der Waals surface area contributed by atoms with Gasteiger partial charge in [0.25, 0.3) is 0 Å². The van der Waals surface area contributed by atoms with Gasteiger partial charge in [0.05, 0.1) is 16.6 Å². The number of likely N-dealkylation sites (N-methyl/N-ethyl adjacent to an activating group) is 1. The predicted octanol–water partition coefficient (Wildman–Crippen LogP) is 5.11. The summed E-state index contributed by atoms with van der Waals surface area (Å²) in [7, 11) is 1.57. The molecular formula is C34H36N2O8S. The number of phenols is 2. The highest BCUT2D eigenvalue weighted by Crippen LogP contribution is 2.72. The Bertz CT molecular complexity index is 1670. The number of hydrogen-bond donors (Lipinski definition) is 5. The molecule has 6 atom stereocenters. The van der Waals surface area contributed by atoms with Crippen LogP contribution in [0.25, 0.3) is 6.08 Å². The minimum atomic E-state index is -1.40. The van der Waals surface area contributed by atoms with E-state index in [1.807, 2.05) is 31.2 Å². The lowest BCUT2D eigenvalue weighted by atomic mass is 9.51. The highest BCUT2D eigenvalue weighted by Gasteiger charge is 2.72. The van der Waals surface area contributed by atoms with E-state index in [4.69, 9.17) is 4.74 Å². The molecule has 2 heterocycles. The van der Waals surface area contributed by atoms with Crippen molar-refractivity contribution in [2.45, 2.75) is 62.6 Å². The average Bonchev–Trinajstić information content (AvgIpc) is 3.36. The van der Waals surface area contributed by atoms with Gasteiger partial charge in [0.15, 0.2) is 11.5 Å². The van der Waals surface area contributed by atoms with Crippen molar-refractivity contribution >= 4 is 47.1 Å². The number of ether oxygens (including phenoxy) is 1. The number of carbonyl (C=O) groups excluding carboxylic acids is 3. The van der Waals surface area contributed by atoms with Gasteiger partial charge in [-0.3, -0.25) is 14.4 Å². The highest BCUT2D eigenvalue weighted by atomic mass is 32.2. The third kappa shape index (κ3) is 5.21. The van der Waals surface area contributed by atoms with E-state index >= 15 is 0 Å². The first-order valence-corrected chi connectivity index (χ1v) is 15.8. The highest BCUT2D eigenvalue weighted by molar-refractivity contribution is 8.04. The first kappa shape index (κ1) is 30.9. The summed E-state index contributed by atoms with van der Waals surface area (Å²) >= 11 is 1.41. The van der Waals surface area contributed by atoms with Crippen molar-refractivity contribution in [3.8, 4) is 11.5 Å². The lowest BCUT2D eigenvalue weighted by Crippen LogP contribution is -2.57. The fourth-order valence-electron chi connectivity index (χ4n) is 8.32. The van der Waals surface area contributed by atoms with Crippen molar-refractivity contribution in [3.63, 3.8) is 0 Å². The van der Waals surface area contributed by atoms with Gasteiger partial charge in [-0.15, -0.1) is 0 Å². The Hall–Kier alpha value is -4.09. The van der Waals surface area contributed by atoms with Crippen LogP contribution in [0.2, 0.25) is 0 Å². The first-order chi connectivity index (χ1) is 21.3. The number of aromatic hydroxyl groups is 2. The molecule has 0 radical (unpaired) electrons. The molecule has 7 rings (SSSR count). The SMILES string of the molecule is CNC(=O)/C=C/c1ccc(SC2=C[C@]34C[C@H]5C[C@H](O[C@@]5(C)C3)[C@H]4[C@](C)(CCC(=O)Nc3c(O)ccc(C(=O)O)c3O)C2=O)cc1. The molecule has 4 bridgehead atoms. The number of carbonyl (C=O) groups is 4. The molecular weight excluding hydrogens is 596 g/mol. The fourth-order valence-corrected chi connectivity index (χ4v) is 9.47. The number of aromatic carboxylic acids is 1. The van der Waals surface area contributed by atoms with E-state index < -0.39 is 34.4 Å². The Morgan fingerprint density at radius 1 is 1.11 bits per heavy atom. The van der Waals surface area contributed by atoms with Gasteiger partial charge in [-0.25, -0.2) is 4.79 Å². The Labute approximate surface area is 264 Å². The molecule has 2 aromatic rings. The van der Waals surface area contributed by atoms with Gasteiger partial charge in [-0.2, -0.15) is 0 Å². The van der Waals surface area contributed by atoms with Gasteiger partial charge in [0.1, 0.15) is 17.0 Å². The molecule has 2 amide bonds. The third-order valence-electron chi connectivity index (χ3n) is 10.2. The van der Waals surface area contributed by atoms with Crippen LogP contribution in [-0.2, 0) is 19.1 Å². The predicted molar refractivity (Wildman–Crippen MR) is 168 cm³/mol. The number of allylic oxidation sites excluding steroid dienone is 2. The second kappa shape index (κ2) is 11.1. The normalized spacial score (nSPS) is 31.1. The quantitative estimate of drug-likeness (QED) is 0.187. The number of Topliss-reactive ketones (excluding diaryl/α,β-unsaturated/α-hetero) is 1.